The third-order valence-electron chi connectivity index (χ3n) is 2.23. The van der Waals surface area contributed by atoms with Crippen LogP contribution in [-0.4, -0.2) is 31.6 Å². The van der Waals surface area contributed by atoms with Gasteiger partial charge in [-0.2, -0.15) is 0 Å². The van der Waals surface area contributed by atoms with Gasteiger partial charge in [0.05, 0.1) is 6.54 Å². The highest BCUT2D eigenvalue weighted by Crippen LogP contribution is 2.11. The number of aliphatic imine (C=N–C) groups is 1. The van der Waals surface area contributed by atoms with Gasteiger partial charge in [-0.3, -0.25) is 4.99 Å². The highest BCUT2D eigenvalue weighted by Gasteiger charge is 2.18. The zero-order valence-corrected chi connectivity index (χ0v) is 6.68. The maximum atomic E-state index is 5.32. The van der Waals surface area contributed by atoms with Crippen molar-refractivity contribution in [3.8, 4) is 0 Å². The van der Waals surface area contributed by atoms with Crippen LogP contribution in [0.15, 0.2) is 4.99 Å². The van der Waals surface area contributed by atoms with Crippen molar-refractivity contribution in [1.82, 2.24) is 5.32 Å². The van der Waals surface area contributed by atoms with E-state index in [1.54, 1.807) is 0 Å². The van der Waals surface area contributed by atoms with E-state index < -0.39 is 0 Å². The van der Waals surface area contributed by atoms with Crippen molar-refractivity contribution in [2.75, 3.05) is 19.7 Å². The number of hydrogen-bond donors (Lipinski definition) is 1. The summed E-state index contributed by atoms with van der Waals surface area (Å²) in [5, 5.41) is 3.42. The summed E-state index contributed by atoms with van der Waals surface area (Å²) >= 11 is 0. The molecule has 11 heavy (non-hydrogen) atoms. The van der Waals surface area contributed by atoms with E-state index in [-0.39, 0.29) is 0 Å². The molecule has 2 rings (SSSR count). The first-order valence-corrected chi connectivity index (χ1v) is 4.34. The van der Waals surface area contributed by atoms with Crippen LogP contribution in [0.1, 0.15) is 19.3 Å². The molecule has 2 aliphatic heterocycles. The van der Waals surface area contributed by atoms with Gasteiger partial charge in [0, 0.05) is 12.5 Å². The van der Waals surface area contributed by atoms with E-state index in [4.69, 9.17) is 4.74 Å². The van der Waals surface area contributed by atoms with Gasteiger partial charge >= 0.3 is 0 Å². The lowest BCUT2D eigenvalue weighted by atomic mass is 10.1. The van der Waals surface area contributed by atoms with Gasteiger partial charge in [0.25, 0.3) is 0 Å². The summed E-state index contributed by atoms with van der Waals surface area (Å²) in [6.45, 7) is 2.82. The van der Waals surface area contributed by atoms with Gasteiger partial charge in [0.15, 0.2) is 5.90 Å². The van der Waals surface area contributed by atoms with Crippen molar-refractivity contribution < 1.29 is 4.74 Å². The van der Waals surface area contributed by atoms with Crippen LogP contribution in [0.2, 0.25) is 0 Å². The van der Waals surface area contributed by atoms with Crippen molar-refractivity contribution in [3.05, 3.63) is 0 Å². The third-order valence-corrected chi connectivity index (χ3v) is 2.23. The molecule has 0 radical (unpaired) electrons. The van der Waals surface area contributed by atoms with Gasteiger partial charge in [-0.25, -0.2) is 0 Å². The van der Waals surface area contributed by atoms with E-state index in [9.17, 15) is 0 Å². The second-order valence-electron chi connectivity index (χ2n) is 3.12. The Hall–Kier alpha value is -0.570. The largest absolute Gasteiger partial charge is 0.479 e. The van der Waals surface area contributed by atoms with Crippen LogP contribution in [0.5, 0.6) is 0 Å². The predicted octanol–water partition coefficient (Wildman–Crippen LogP) is 0.557. The third kappa shape index (κ3) is 1.71. The molecule has 0 aromatic heterocycles. The molecule has 0 bridgehead atoms. The van der Waals surface area contributed by atoms with Crippen molar-refractivity contribution in [2.45, 2.75) is 25.3 Å². The molecular formula is C8H14N2O. The Labute approximate surface area is 66.8 Å². The minimum Gasteiger partial charge on any atom is -0.479 e. The summed E-state index contributed by atoms with van der Waals surface area (Å²) in [6, 6.07) is 0.631. The van der Waals surface area contributed by atoms with E-state index in [2.05, 4.69) is 10.3 Å². The highest BCUT2D eigenvalue weighted by atomic mass is 16.5. The quantitative estimate of drug-likeness (QED) is 0.630. The molecule has 2 heterocycles. The maximum Gasteiger partial charge on any atom is 0.184 e. The number of nitrogens with one attached hydrogen (secondary N) is 1. The fourth-order valence-electron chi connectivity index (χ4n) is 1.64. The molecule has 0 aromatic rings. The van der Waals surface area contributed by atoms with Gasteiger partial charge in [0.2, 0.25) is 0 Å². The van der Waals surface area contributed by atoms with E-state index in [0.717, 1.165) is 32.0 Å². The summed E-state index contributed by atoms with van der Waals surface area (Å²) in [7, 11) is 0. The number of nitrogens with zero attached hydrogens (tertiary/aromatic N) is 1. The van der Waals surface area contributed by atoms with Crippen LogP contribution in [0.25, 0.3) is 0 Å². The first-order valence-electron chi connectivity index (χ1n) is 4.34. The summed E-state index contributed by atoms with van der Waals surface area (Å²) in [4.78, 5) is 4.25. The first-order chi connectivity index (χ1) is 5.45. The standard InChI is InChI=1S/C8H14N2O/c1-2-7(9-3-1)6-8-10-4-5-11-8/h7,9H,1-6H2. The smallest absolute Gasteiger partial charge is 0.184 e. The number of ether oxygens (including phenoxy) is 1. The molecule has 2 aliphatic rings. The van der Waals surface area contributed by atoms with Gasteiger partial charge in [-0.05, 0) is 19.4 Å². The summed E-state index contributed by atoms with van der Waals surface area (Å²) in [5.41, 5.74) is 0. The Bertz CT molecular complexity index is 161. The van der Waals surface area contributed by atoms with Crippen LogP contribution in [0.4, 0.5) is 0 Å². The molecule has 1 N–H and O–H groups in total. The molecule has 3 nitrogen and oxygen atoms in total. The monoisotopic (exact) mass is 154 g/mol. The first kappa shape index (κ1) is 7.10. The Morgan fingerprint density at radius 3 is 3.27 bits per heavy atom. The Balaban J connectivity index is 1.79. The van der Waals surface area contributed by atoms with Crippen LogP contribution in [-0.2, 0) is 4.74 Å². The van der Waals surface area contributed by atoms with Crippen molar-refractivity contribution in [3.63, 3.8) is 0 Å². The average Bonchev–Trinajstić information content (AvgIpc) is 2.60. The lowest BCUT2D eigenvalue weighted by Gasteiger charge is -2.08. The van der Waals surface area contributed by atoms with E-state index in [1.807, 2.05) is 0 Å². The summed E-state index contributed by atoms with van der Waals surface area (Å²) in [6.07, 6.45) is 3.58. The predicted molar refractivity (Wildman–Crippen MR) is 43.9 cm³/mol. The molecule has 1 unspecified atom stereocenters. The second kappa shape index (κ2) is 3.22. The molecule has 1 saturated heterocycles. The van der Waals surface area contributed by atoms with E-state index in [0.29, 0.717) is 6.04 Å². The minimum absolute atomic E-state index is 0.631. The number of rotatable bonds is 2. The SMILES string of the molecule is C1CNC(CC2=NCCO2)C1. The molecule has 0 amide bonds. The molecular weight excluding hydrogens is 140 g/mol. The van der Waals surface area contributed by atoms with Crippen LogP contribution in [0, 0.1) is 0 Å². The lowest BCUT2D eigenvalue weighted by molar-refractivity contribution is 0.333. The summed E-state index contributed by atoms with van der Waals surface area (Å²) in [5.74, 6) is 0.962. The van der Waals surface area contributed by atoms with Crippen LogP contribution < -0.4 is 5.32 Å². The molecule has 0 aliphatic carbocycles. The van der Waals surface area contributed by atoms with Crippen molar-refractivity contribution >= 4 is 5.90 Å². The van der Waals surface area contributed by atoms with Gasteiger partial charge in [-0.15, -0.1) is 0 Å². The molecule has 0 aromatic carbocycles. The molecule has 3 heteroatoms. The molecule has 0 spiro atoms. The lowest BCUT2D eigenvalue weighted by Crippen LogP contribution is -2.24. The topological polar surface area (TPSA) is 33.6 Å². The Morgan fingerprint density at radius 2 is 2.64 bits per heavy atom. The van der Waals surface area contributed by atoms with Crippen LogP contribution >= 0.6 is 0 Å². The van der Waals surface area contributed by atoms with Crippen molar-refractivity contribution in [1.29, 1.82) is 0 Å². The Kier molecular flexibility index (Phi) is 2.08. The van der Waals surface area contributed by atoms with E-state index >= 15 is 0 Å². The average molecular weight is 154 g/mol. The molecule has 1 atom stereocenters. The summed E-state index contributed by atoms with van der Waals surface area (Å²) < 4.78 is 5.32. The van der Waals surface area contributed by atoms with Gasteiger partial charge < -0.3 is 10.1 Å². The van der Waals surface area contributed by atoms with Crippen LogP contribution in [0.3, 0.4) is 0 Å². The molecule has 1 fully saturated rings. The molecule has 0 saturated carbocycles. The second-order valence-corrected chi connectivity index (χ2v) is 3.12. The fraction of sp³-hybridized carbons (Fsp3) is 0.875. The molecule has 62 valence electrons. The zero-order valence-electron chi connectivity index (χ0n) is 6.68. The number of hydrogen-bond acceptors (Lipinski definition) is 3. The highest BCUT2D eigenvalue weighted by molar-refractivity contribution is 5.77. The maximum absolute atomic E-state index is 5.32. The van der Waals surface area contributed by atoms with Gasteiger partial charge in [-0.1, -0.05) is 0 Å². The minimum atomic E-state index is 0.631. The normalized spacial score (nSPS) is 30.2. The zero-order chi connectivity index (χ0) is 7.52. The van der Waals surface area contributed by atoms with Gasteiger partial charge in [0.1, 0.15) is 6.61 Å². The Morgan fingerprint density at radius 1 is 1.64 bits per heavy atom. The van der Waals surface area contributed by atoms with Crippen molar-refractivity contribution in [2.24, 2.45) is 4.99 Å². The fourth-order valence-corrected chi connectivity index (χ4v) is 1.64. The van der Waals surface area contributed by atoms with E-state index in [1.165, 1.54) is 12.8 Å².